The van der Waals surface area contributed by atoms with Crippen molar-refractivity contribution in [2.75, 3.05) is 21.3 Å². The average Bonchev–Trinajstić information content (AvgIpc) is 2.41. The Morgan fingerprint density at radius 2 is 1.39 bits per heavy atom. The molecule has 0 aliphatic rings. The van der Waals surface area contributed by atoms with E-state index in [-0.39, 0.29) is 11.0 Å². The van der Waals surface area contributed by atoms with Crippen LogP contribution < -0.4 is 0 Å². The maximum atomic E-state index is 5.64. The first kappa shape index (κ1) is 15.4. The van der Waals surface area contributed by atoms with Gasteiger partial charge in [-0.15, -0.1) is 0 Å². The summed E-state index contributed by atoms with van der Waals surface area (Å²) in [6, 6.07) is 10.4. The summed E-state index contributed by atoms with van der Waals surface area (Å²) >= 11 is 0. The zero-order chi connectivity index (χ0) is 13.8. The smallest absolute Gasteiger partial charge is 0.377 e. The molecule has 0 aromatic heterocycles. The lowest BCUT2D eigenvalue weighted by atomic mass is 9.89. The van der Waals surface area contributed by atoms with Crippen LogP contribution in [0.15, 0.2) is 30.3 Å². The fourth-order valence-electron chi connectivity index (χ4n) is 2.46. The topological polar surface area (TPSA) is 27.7 Å². The van der Waals surface area contributed by atoms with Crippen molar-refractivity contribution in [1.29, 1.82) is 0 Å². The SMILES string of the molecule is CO[Si](OC)(OC)C(C)(C)C(C)c1ccccc1. The summed E-state index contributed by atoms with van der Waals surface area (Å²) < 4.78 is 16.9. The molecule has 0 aliphatic carbocycles. The van der Waals surface area contributed by atoms with Crippen LogP contribution in [0, 0.1) is 0 Å². The van der Waals surface area contributed by atoms with Crippen molar-refractivity contribution in [3.8, 4) is 0 Å². The van der Waals surface area contributed by atoms with Crippen molar-refractivity contribution in [1.82, 2.24) is 0 Å². The first-order chi connectivity index (χ1) is 8.45. The van der Waals surface area contributed by atoms with Gasteiger partial charge in [-0.1, -0.05) is 51.1 Å². The number of hydrogen-bond donors (Lipinski definition) is 0. The molecule has 0 aliphatic heterocycles. The van der Waals surface area contributed by atoms with Gasteiger partial charge in [0, 0.05) is 26.4 Å². The Morgan fingerprint density at radius 3 is 1.78 bits per heavy atom. The highest BCUT2D eigenvalue weighted by Crippen LogP contribution is 2.49. The molecule has 1 aromatic carbocycles. The first-order valence-electron chi connectivity index (χ1n) is 6.15. The molecule has 102 valence electrons. The van der Waals surface area contributed by atoms with Crippen LogP contribution in [0.1, 0.15) is 32.3 Å². The molecule has 18 heavy (non-hydrogen) atoms. The van der Waals surface area contributed by atoms with Crippen LogP contribution in [0.25, 0.3) is 0 Å². The molecule has 3 nitrogen and oxygen atoms in total. The molecule has 1 atom stereocenters. The maximum absolute atomic E-state index is 5.64. The van der Waals surface area contributed by atoms with Gasteiger partial charge in [0.15, 0.2) is 0 Å². The van der Waals surface area contributed by atoms with Crippen molar-refractivity contribution in [3.05, 3.63) is 35.9 Å². The van der Waals surface area contributed by atoms with Crippen molar-refractivity contribution in [2.45, 2.75) is 31.7 Å². The summed E-state index contributed by atoms with van der Waals surface area (Å²) in [6.07, 6.45) is 0. The minimum atomic E-state index is -2.69. The summed E-state index contributed by atoms with van der Waals surface area (Å²) in [7, 11) is 2.31. The highest BCUT2D eigenvalue weighted by Gasteiger charge is 2.56. The van der Waals surface area contributed by atoms with Crippen molar-refractivity contribution in [2.24, 2.45) is 0 Å². The fraction of sp³-hybridized carbons (Fsp3) is 0.571. The fourth-order valence-corrected chi connectivity index (χ4v) is 5.24. The Bertz CT molecular complexity index is 352. The lowest BCUT2D eigenvalue weighted by Gasteiger charge is -2.42. The molecular formula is C14H24O3Si. The molecule has 1 unspecified atom stereocenters. The van der Waals surface area contributed by atoms with Crippen LogP contribution in [-0.2, 0) is 13.3 Å². The van der Waals surface area contributed by atoms with Gasteiger partial charge in [-0.05, 0) is 11.5 Å². The van der Waals surface area contributed by atoms with E-state index in [0.717, 1.165) is 0 Å². The van der Waals surface area contributed by atoms with Crippen LogP contribution in [-0.4, -0.2) is 30.1 Å². The summed E-state index contributed by atoms with van der Waals surface area (Å²) in [5.41, 5.74) is 1.27. The summed E-state index contributed by atoms with van der Waals surface area (Å²) in [5.74, 6) is 0.283. The van der Waals surface area contributed by atoms with E-state index >= 15 is 0 Å². The highest BCUT2D eigenvalue weighted by molar-refractivity contribution is 6.64. The Kier molecular flexibility index (Phi) is 5.10. The van der Waals surface area contributed by atoms with Crippen molar-refractivity contribution < 1.29 is 13.3 Å². The molecule has 0 bridgehead atoms. The second-order valence-electron chi connectivity index (χ2n) is 5.02. The Labute approximate surface area is 111 Å². The zero-order valence-electron chi connectivity index (χ0n) is 12.2. The van der Waals surface area contributed by atoms with E-state index < -0.39 is 8.80 Å². The van der Waals surface area contributed by atoms with E-state index in [4.69, 9.17) is 13.3 Å². The van der Waals surface area contributed by atoms with Crippen molar-refractivity contribution >= 4 is 8.80 Å². The van der Waals surface area contributed by atoms with Crippen LogP contribution in [0.2, 0.25) is 5.04 Å². The van der Waals surface area contributed by atoms with Crippen LogP contribution in [0.5, 0.6) is 0 Å². The number of benzene rings is 1. The maximum Gasteiger partial charge on any atom is 0.506 e. The average molecular weight is 268 g/mol. The van der Waals surface area contributed by atoms with E-state index in [9.17, 15) is 0 Å². The molecule has 0 fully saturated rings. The molecule has 1 aromatic rings. The summed E-state index contributed by atoms with van der Waals surface area (Å²) in [5, 5.41) is -0.202. The summed E-state index contributed by atoms with van der Waals surface area (Å²) in [6.45, 7) is 6.48. The van der Waals surface area contributed by atoms with E-state index in [1.165, 1.54) is 5.56 Å². The molecule has 0 saturated heterocycles. The second-order valence-corrected chi connectivity index (χ2v) is 8.65. The Morgan fingerprint density at radius 1 is 0.944 bits per heavy atom. The Hall–Kier alpha value is -0.683. The molecular weight excluding hydrogens is 244 g/mol. The third-order valence-corrected chi connectivity index (χ3v) is 7.60. The minimum Gasteiger partial charge on any atom is -0.377 e. The molecule has 0 amide bonds. The normalized spacial score (nSPS) is 14.6. The molecule has 0 N–H and O–H groups in total. The van der Waals surface area contributed by atoms with Gasteiger partial charge in [-0.3, -0.25) is 0 Å². The van der Waals surface area contributed by atoms with Gasteiger partial charge in [0.2, 0.25) is 0 Å². The lowest BCUT2D eigenvalue weighted by molar-refractivity contribution is 0.0900. The lowest BCUT2D eigenvalue weighted by Crippen LogP contribution is -2.54. The van der Waals surface area contributed by atoms with Gasteiger partial charge in [-0.2, -0.15) is 0 Å². The van der Waals surface area contributed by atoms with Gasteiger partial charge in [-0.25, -0.2) is 0 Å². The monoisotopic (exact) mass is 268 g/mol. The van der Waals surface area contributed by atoms with E-state index in [1.54, 1.807) is 21.3 Å². The molecule has 0 heterocycles. The quantitative estimate of drug-likeness (QED) is 0.740. The zero-order valence-corrected chi connectivity index (χ0v) is 13.2. The predicted octanol–water partition coefficient (Wildman–Crippen LogP) is 3.45. The molecule has 0 spiro atoms. The predicted molar refractivity (Wildman–Crippen MR) is 75.7 cm³/mol. The van der Waals surface area contributed by atoms with E-state index in [0.29, 0.717) is 0 Å². The number of hydrogen-bond acceptors (Lipinski definition) is 3. The number of rotatable bonds is 6. The van der Waals surface area contributed by atoms with Gasteiger partial charge < -0.3 is 13.3 Å². The third-order valence-electron chi connectivity index (χ3n) is 3.98. The Balaban J connectivity index is 3.12. The largest absolute Gasteiger partial charge is 0.506 e. The highest BCUT2D eigenvalue weighted by atomic mass is 28.4. The van der Waals surface area contributed by atoms with E-state index in [2.05, 4.69) is 45.0 Å². The molecule has 1 rings (SSSR count). The first-order valence-corrected chi connectivity index (χ1v) is 7.88. The molecule has 0 saturated carbocycles. The minimum absolute atomic E-state index is 0.202. The van der Waals surface area contributed by atoms with Crippen LogP contribution in [0.3, 0.4) is 0 Å². The van der Waals surface area contributed by atoms with Crippen LogP contribution >= 0.6 is 0 Å². The second kappa shape index (κ2) is 5.97. The van der Waals surface area contributed by atoms with Gasteiger partial charge >= 0.3 is 8.80 Å². The van der Waals surface area contributed by atoms with Gasteiger partial charge in [0.25, 0.3) is 0 Å². The summed E-state index contributed by atoms with van der Waals surface area (Å²) in [4.78, 5) is 0. The standard InChI is InChI=1S/C14H24O3Si/c1-12(13-10-8-7-9-11-13)14(2,3)18(15-4,16-5)17-6/h7-12H,1-6H3. The van der Waals surface area contributed by atoms with Crippen LogP contribution in [0.4, 0.5) is 0 Å². The van der Waals surface area contributed by atoms with Gasteiger partial charge in [0.1, 0.15) is 0 Å². The van der Waals surface area contributed by atoms with Gasteiger partial charge in [0.05, 0.1) is 0 Å². The molecule has 0 radical (unpaired) electrons. The van der Waals surface area contributed by atoms with E-state index in [1.807, 2.05) is 6.07 Å². The third kappa shape index (κ3) is 2.52. The van der Waals surface area contributed by atoms with Crippen molar-refractivity contribution in [3.63, 3.8) is 0 Å². The molecule has 4 heteroatoms.